The molecule has 1 heterocycles. The van der Waals surface area contributed by atoms with Crippen molar-refractivity contribution in [2.24, 2.45) is 5.92 Å². The molecule has 0 radical (unpaired) electrons. The number of urea groups is 1. The number of hydrogen-bond acceptors (Lipinski definition) is 3. The van der Waals surface area contributed by atoms with E-state index in [1.54, 1.807) is 0 Å². The molecule has 20 heavy (non-hydrogen) atoms. The van der Waals surface area contributed by atoms with E-state index < -0.39 is 12.0 Å². The van der Waals surface area contributed by atoms with Crippen molar-refractivity contribution in [1.29, 1.82) is 0 Å². The molecule has 0 aromatic heterocycles. The minimum atomic E-state index is -0.623. The highest BCUT2D eigenvalue weighted by Crippen LogP contribution is 2.30. The number of ether oxygens (including phenoxy) is 1. The predicted octanol–water partition coefficient (Wildman–Crippen LogP) is 2.12. The van der Waals surface area contributed by atoms with Gasteiger partial charge in [0.1, 0.15) is 5.92 Å². The van der Waals surface area contributed by atoms with Gasteiger partial charge >= 0.3 is 12.0 Å². The Morgan fingerprint density at radius 2 is 2.05 bits per heavy atom. The summed E-state index contributed by atoms with van der Waals surface area (Å²) in [5.41, 5.74) is 1.21. The number of esters is 1. The molecule has 2 N–H and O–H groups in total. The Bertz CT molecular complexity index is 513. The van der Waals surface area contributed by atoms with Crippen LogP contribution in [0.3, 0.4) is 0 Å². The number of rotatable bonds is 4. The van der Waals surface area contributed by atoms with Crippen LogP contribution in [0.25, 0.3) is 0 Å². The third-order valence-electron chi connectivity index (χ3n) is 3.13. The zero-order chi connectivity index (χ0) is 14.5. The quantitative estimate of drug-likeness (QED) is 0.826. The van der Waals surface area contributed by atoms with Crippen LogP contribution in [-0.4, -0.2) is 18.6 Å². The maximum atomic E-state index is 12.2. The van der Waals surface area contributed by atoms with E-state index in [0.717, 1.165) is 12.0 Å². The summed E-state index contributed by atoms with van der Waals surface area (Å²) in [6.07, 6.45) is 0.751. The van der Waals surface area contributed by atoms with Crippen molar-refractivity contribution in [1.82, 2.24) is 10.6 Å². The van der Waals surface area contributed by atoms with Crippen LogP contribution >= 0.6 is 0 Å². The first kappa shape index (κ1) is 14.1. The highest BCUT2D eigenvalue weighted by molar-refractivity contribution is 5.85. The lowest BCUT2D eigenvalue weighted by Crippen LogP contribution is -2.51. The summed E-state index contributed by atoms with van der Waals surface area (Å²) in [4.78, 5) is 23.8. The molecule has 2 rings (SSSR count). The monoisotopic (exact) mass is 274 g/mol. The van der Waals surface area contributed by atoms with Crippen LogP contribution in [0, 0.1) is 5.92 Å². The second kappa shape index (κ2) is 6.23. The van der Waals surface area contributed by atoms with E-state index in [0.29, 0.717) is 12.3 Å². The molecule has 0 unspecified atom stereocenters. The van der Waals surface area contributed by atoms with Gasteiger partial charge in [-0.15, -0.1) is 0 Å². The zero-order valence-electron chi connectivity index (χ0n) is 11.4. The third-order valence-corrected chi connectivity index (χ3v) is 3.13. The third kappa shape index (κ3) is 2.99. The predicted molar refractivity (Wildman–Crippen MR) is 74.7 cm³/mol. The maximum Gasteiger partial charge on any atom is 0.319 e. The van der Waals surface area contributed by atoms with E-state index in [9.17, 15) is 9.59 Å². The molecule has 1 aromatic rings. The number of hydrogen-bond donors (Lipinski definition) is 2. The molecule has 0 bridgehead atoms. The Kier molecular flexibility index (Phi) is 4.40. The van der Waals surface area contributed by atoms with Crippen LogP contribution in [0.2, 0.25) is 0 Å². The normalized spacial score (nSPS) is 21.9. The Labute approximate surface area is 118 Å². The van der Waals surface area contributed by atoms with Gasteiger partial charge in [0.2, 0.25) is 0 Å². The topological polar surface area (TPSA) is 67.4 Å². The van der Waals surface area contributed by atoms with Gasteiger partial charge in [-0.1, -0.05) is 43.8 Å². The van der Waals surface area contributed by atoms with E-state index >= 15 is 0 Å². The number of nitrogens with one attached hydrogen (secondary N) is 2. The summed E-state index contributed by atoms with van der Waals surface area (Å²) in [5, 5.41) is 5.30. The van der Waals surface area contributed by atoms with Crippen molar-refractivity contribution in [2.45, 2.75) is 19.4 Å². The summed E-state index contributed by atoms with van der Waals surface area (Å²) in [6.45, 7) is 6.07. The minimum Gasteiger partial charge on any atom is -0.465 e. The Hall–Kier alpha value is -2.30. The van der Waals surface area contributed by atoms with Gasteiger partial charge in [-0.05, 0) is 12.0 Å². The SMILES string of the molecule is C=C1NC(=O)N[C@H](c2ccccc2)[C@H]1C(=O)OCCC. The summed E-state index contributed by atoms with van der Waals surface area (Å²) in [5.74, 6) is -1.00. The second-order valence-corrected chi connectivity index (χ2v) is 4.66. The first-order valence-corrected chi connectivity index (χ1v) is 6.61. The highest BCUT2D eigenvalue weighted by Gasteiger charge is 2.38. The summed E-state index contributed by atoms with van der Waals surface area (Å²) < 4.78 is 5.20. The summed E-state index contributed by atoms with van der Waals surface area (Å²) in [6, 6.07) is 8.52. The fourth-order valence-corrected chi connectivity index (χ4v) is 2.19. The van der Waals surface area contributed by atoms with E-state index in [4.69, 9.17) is 4.74 Å². The van der Waals surface area contributed by atoms with Crippen molar-refractivity contribution < 1.29 is 14.3 Å². The Morgan fingerprint density at radius 3 is 2.70 bits per heavy atom. The van der Waals surface area contributed by atoms with Gasteiger partial charge in [0, 0.05) is 5.70 Å². The lowest BCUT2D eigenvalue weighted by atomic mass is 9.89. The van der Waals surface area contributed by atoms with Gasteiger partial charge in [0.15, 0.2) is 0 Å². The number of benzene rings is 1. The molecule has 1 aliphatic heterocycles. The smallest absolute Gasteiger partial charge is 0.319 e. The molecule has 1 aliphatic rings. The second-order valence-electron chi connectivity index (χ2n) is 4.66. The molecule has 0 aliphatic carbocycles. The lowest BCUT2D eigenvalue weighted by Gasteiger charge is -2.33. The standard InChI is InChI=1S/C15H18N2O3/c1-3-9-20-14(18)12-10(2)16-15(19)17-13(12)11-7-5-4-6-8-11/h4-8,12-13H,2-3,9H2,1H3,(H2,16,17,19)/t12-,13+/m0/s1. The van der Waals surface area contributed by atoms with Gasteiger partial charge in [0.05, 0.1) is 12.6 Å². The molecule has 2 amide bonds. The van der Waals surface area contributed by atoms with Crippen LogP contribution in [-0.2, 0) is 9.53 Å². The van der Waals surface area contributed by atoms with Crippen molar-refractivity contribution in [2.75, 3.05) is 6.61 Å². The highest BCUT2D eigenvalue weighted by atomic mass is 16.5. The summed E-state index contributed by atoms with van der Waals surface area (Å²) >= 11 is 0. The van der Waals surface area contributed by atoms with Gasteiger partial charge in [-0.3, -0.25) is 4.79 Å². The van der Waals surface area contributed by atoms with Crippen molar-refractivity contribution in [3.63, 3.8) is 0 Å². The van der Waals surface area contributed by atoms with Crippen LogP contribution in [0.5, 0.6) is 0 Å². The molecule has 1 aromatic carbocycles. The van der Waals surface area contributed by atoms with Crippen LogP contribution in [0.4, 0.5) is 4.79 Å². The molecule has 2 atom stereocenters. The van der Waals surface area contributed by atoms with E-state index in [1.807, 2.05) is 37.3 Å². The van der Waals surface area contributed by atoms with Crippen molar-refractivity contribution >= 4 is 12.0 Å². The fraction of sp³-hybridized carbons (Fsp3) is 0.333. The van der Waals surface area contributed by atoms with Crippen molar-refractivity contribution in [3.05, 3.63) is 48.2 Å². The number of carbonyl (C=O) groups excluding carboxylic acids is 2. The van der Waals surface area contributed by atoms with Crippen LogP contribution in [0.15, 0.2) is 42.6 Å². The average molecular weight is 274 g/mol. The molecule has 0 spiro atoms. The van der Waals surface area contributed by atoms with Gasteiger partial charge in [-0.25, -0.2) is 4.79 Å². The molecule has 5 nitrogen and oxygen atoms in total. The van der Waals surface area contributed by atoms with Gasteiger partial charge in [-0.2, -0.15) is 0 Å². The summed E-state index contributed by atoms with van der Waals surface area (Å²) in [7, 11) is 0. The molecule has 1 saturated heterocycles. The molecular weight excluding hydrogens is 256 g/mol. The fourth-order valence-electron chi connectivity index (χ4n) is 2.19. The first-order valence-electron chi connectivity index (χ1n) is 6.61. The van der Waals surface area contributed by atoms with Crippen molar-refractivity contribution in [3.8, 4) is 0 Å². The molecule has 1 fully saturated rings. The largest absolute Gasteiger partial charge is 0.465 e. The number of carbonyl (C=O) groups is 2. The Morgan fingerprint density at radius 1 is 1.35 bits per heavy atom. The van der Waals surface area contributed by atoms with Gasteiger partial charge in [0.25, 0.3) is 0 Å². The average Bonchev–Trinajstić information content (AvgIpc) is 2.45. The van der Waals surface area contributed by atoms with E-state index in [-0.39, 0.29) is 12.0 Å². The first-order chi connectivity index (χ1) is 9.63. The zero-order valence-corrected chi connectivity index (χ0v) is 11.4. The van der Waals surface area contributed by atoms with E-state index in [1.165, 1.54) is 0 Å². The molecule has 5 heteroatoms. The number of amides is 2. The van der Waals surface area contributed by atoms with Crippen LogP contribution in [0.1, 0.15) is 24.9 Å². The molecule has 106 valence electrons. The van der Waals surface area contributed by atoms with Crippen LogP contribution < -0.4 is 10.6 Å². The van der Waals surface area contributed by atoms with Gasteiger partial charge < -0.3 is 15.4 Å². The Balaban J connectivity index is 2.26. The van der Waals surface area contributed by atoms with E-state index in [2.05, 4.69) is 17.2 Å². The minimum absolute atomic E-state index is 0.358. The molecular formula is C15H18N2O3. The molecule has 0 saturated carbocycles. The maximum absolute atomic E-state index is 12.2. The lowest BCUT2D eigenvalue weighted by molar-refractivity contribution is -0.148.